The van der Waals surface area contributed by atoms with Crippen LogP contribution in [0.5, 0.6) is 11.5 Å². The summed E-state index contributed by atoms with van der Waals surface area (Å²) in [4.78, 5) is 21.9. The molecule has 2 aromatic carbocycles. The fraction of sp³-hybridized carbons (Fsp3) is 0.238. The van der Waals surface area contributed by atoms with Crippen LogP contribution in [0.25, 0.3) is 0 Å². The molecule has 1 heterocycles. The molecule has 0 saturated carbocycles. The van der Waals surface area contributed by atoms with Crippen LogP contribution in [0.15, 0.2) is 42.5 Å². The summed E-state index contributed by atoms with van der Waals surface area (Å²) in [6.45, 7) is 6.04. The quantitative estimate of drug-likeness (QED) is 0.218. The van der Waals surface area contributed by atoms with Crippen molar-refractivity contribution < 1.29 is 9.66 Å². The summed E-state index contributed by atoms with van der Waals surface area (Å²) >= 11 is 11.7. The number of nitrogens with one attached hydrogen (secondary N) is 2. The first-order valence-electron chi connectivity index (χ1n) is 9.86. The first kappa shape index (κ1) is 26.4. The third kappa shape index (κ3) is 7.61. The summed E-state index contributed by atoms with van der Waals surface area (Å²) in [5.74, 6) is 1.53. The summed E-state index contributed by atoms with van der Waals surface area (Å²) in [6, 6.07) is 13.7. The van der Waals surface area contributed by atoms with Crippen LogP contribution < -0.4 is 21.1 Å². The van der Waals surface area contributed by atoms with Gasteiger partial charge in [0, 0.05) is 12.6 Å². The Morgan fingerprint density at radius 3 is 2.38 bits per heavy atom. The van der Waals surface area contributed by atoms with Gasteiger partial charge in [-0.15, -0.1) is 0 Å². The second kappa shape index (κ2) is 11.8. The first-order valence-corrected chi connectivity index (χ1v) is 10.6. The zero-order chi connectivity index (χ0) is 25.3. The maximum atomic E-state index is 10.7. The van der Waals surface area contributed by atoms with Crippen molar-refractivity contribution in [2.45, 2.75) is 26.3 Å². The van der Waals surface area contributed by atoms with E-state index in [0.29, 0.717) is 18.2 Å². The highest BCUT2D eigenvalue weighted by atomic mass is 35.5. The predicted octanol–water partition coefficient (Wildman–Crippen LogP) is 5.29. The van der Waals surface area contributed by atoms with Crippen molar-refractivity contribution in [3.63, 3.8) is 0 Å². The van der Waals surface area contributed by atoms with E-state index >= 15 is 0 Å². The highest BCUT2D eigenvalue weighted by molar-refractivity contribution is 6.35. The Kier molecular flexibility index (Phi) is 9.18. The molecule has 0 amide bonds. The number of halogens is 2. The molecule has 3 aromatic rings. The second-order valence-corrected chi connectivity index (χ2v) is 7.84. The number of nitrogen functional groups attached to an aromatic ring is 1. The van der Waals surface area contributed by atoms with Gasteiger partial charge in [-0.25, -0.2) is 0 Å². The molecular weight excluding hydrogens is 483 g/mol. The Morgan fingerprint density at radius 2 is 1.79 bits per heavy atom. The Bertz CT molecular complexity index is 1190. The fourth-order valence-electron chi connectivity index (χ4n) is 2.37. The van der Waals surface area contributed by atoms with Crippen LogP contribution in [0.4, 0.5) is 23.3 Å². The average molecular weight is 505 g/mol. The molecule has 11 nitrogen and oxygen atoms in total. The highest BCUT2D eigenvalue weighted by Crippen LogP contribution is 2.38. The number of nitriles is 1. The summed E-state index contributed by atoms with van der Waals surface area (Å²) < 4.78 is 5.49. The van der Waals surface area contributed by atoms with Crippen molar-refractivity contribution in [2.75, 3.05) is 22.9 Å². The number of nitro benzene ring substituents is 1. The molecule has 0 fully saturated rings. The van der Waals surface area contributed by atoms with Crippen LogP contribution in [0.3, 0.4) is 0 Å². The van der Waals surface area contributed by atoms with Crippen molar-refractivity contribution in [3.05, 3.63) is 62.9 Å². The minimum absolute atomic E-state index is 0.0352. The molecule has 13 heteroatoms. The van der Waals surface area contributed by atoms with Gasteiger partial charge in [0.05, 0.1) is 11.0 Å². The lowest BCUT2D eigenvalue weighted by atomic mass is 10.1. The van der Waals surface area contributed by atoms with Crippen molar-refractivity contribution in [1.82, 2.24) is 15.0 Å². The van der Waals surface area contributed by atoms with Crippen LogP contribution in [0, 0.1) is 21.4 Å². The number of hydrogen-bond donors (Lipinski definition) is 3. The number of aromatic nitrogens is 3. The normalized spacial score (nSPS) is 10.4. The molecule has 3 rings (SSSR count). The molecule has 0 unspecified atom stereocenters. The van der Waals surface area contributed by atoms with Crippen LogP contribution in [-0.4, -0.2) is 32.0 Å². The van der Waals surface area contributed by atoms with E-state index in [9.17, 15) is 10.1 Å². The van der Waals surface area contributed by atoms with Gasteiger partial charge in [-0.3, -0.25) is 10.1 Å². The van der Waals surface area contributed by atoms with Crippen LogP contribution in [-0.2, 0) is 0 Å². The number of hydrogen-bond acceptors (Lipinski definition) is 10. The molecule has 0 bridgehead atoms. The second-order valence-electron chi connectivity index (χ2n) is 7.13. The van der Waals surface area contributed by atoms with E-state index in [2.05, 4.69) is 31.7 Å². The number of nitrogens with two attached hydrogens (primary N) is 1. The zero-order valence-electron chi connectivity index (χ0n) is 18.5. The van der Waals surface area contributed by atoms with Crippen LogP contribution in [0.2, 0.25) is 10.3 Å². The van der Waals surface area contributed by atoms with Crippen molar-refractivity contribution in [2.24, 2.45) is 0 Å². The predicted molar refractivity (Wildman–Crippen MR) is 131 cm³/mol. The lowest BCUT2D eigenvalue weighted by Gasteiger charge is -2.17. The van der Waals surface area contributed by atoms with E-state index < -0.39 is 10.5 Å². The summed E-state index contributed by atoms with van der Waals surface area (Å²) in [5, 5.41) is 25.4. The van der Waals surface area contributed by atoms with E-state index in [1.165, 1.54) is 12.1 Å². The number of nitrogens with zero attached hydrogens (tertiary/aromatic N) is 5. The lowest BCUT2D eigenvalue weighted by molar-refractivity contribution is -0.383. The molecule has 1 aromatic heterocycles. The SMILES string of the molecule is CCNc1nc(Cl)nc(NC(C)(C)C#N)n1.Nc1c([N+](=O)[O-])ccc(Oc2ccccc2)c1Cl. The van der Waals surface area contributed by atoms with E-state index in [4.69, 9.17) is 38.9 Å². The lowest BCUT2D eigenvalue weighted by Crippen LogP contribution is -2.29. The molecule has 0 radical (unpaired) electrons. The number of anilines is 3. The number of rotatable bonds is 7. The molecule has 34 heavy (non-hydrogen) atoms. The average Bonchev–Trinajstić information content (AvgIpc) is 2.77. The van der Waals surface area contributed by atoms with Gasteiger partial charge in [0.15, 0.2) is 0 Å². The first-order chi connectivity index (χ1) is 16.1. The number of nitro groups is 1. The smallest absolute Gasteiger partial charge is 0.293 e. The van der Waals surface area contributed by atoms with E-state index in [0.717, 1.165) is 0 Å². The van der Waals surface area contributed by atoms with Gasteiger partial charge >= 0.3 is 0 Å². The summed E-state index contributed by atoms with van der Waals surface area (Å²) in [5.41, 5.74) is 4.49. The number of benzene rings is 2. The minimum atomic E-state index is -0.756. The molecule has 0 aliphatic rings. The Balaban J connectivity index is 0.000000242. The Hall–Kier alpha value is -3.88. The molecule has 178 valence electrons. The minimum Gasteiger partial charge on any atom is -0.456 e. The Labute approximate surface area is 206 Å². The van der Waals surface area contributed by atoms with Gasteiger partial charge in [-0.05, 0) is 50.6 Å². The number of ether oxygens (including phenoxy) is 1. The zero-order valence-corrected chi connectivity index (χ0v) is 20.1. The Morgan fingerprint density at radius 1 is 1.15 bits per heavy atom. The molecule has 4 N–H and O–H groups in total. The largest absolute Gasteiger partial charge is 0.456 e. The van der Waals surface area contributed by atoms with Crippen molar-refractivity contribution in [1.29, 1.82) is 5.26 Å². The maximum absolute atomic E-state index is 10.7. The standard InChI is InChI=1S/C12H9ClN2O3.C9H13ClN6/c13-11-10(18-8-4-2-1-3-5-8)7-6-9(12(11)14)15(16)17;1-4-12-7-13-6(10)14-8(15-7)16-9(2,3)5-11/h1-7H,14H2;4H2,1-3H3,(H2,12,13,14,15,16). The number of para-hydroxylation sites is 1. The van der Waals surface area contributed by atoms with Gasteiger partial charge < -0.3 is 21.1 Å². The topological polar surface area (TPSA) is 165 Å². The van der Waals surface area contributed by atoms with Gasteiger partial charge in [-0.1, -0.05) is 29.8 Å². The van der Waals surface area contributed by atoms with Crippen LogP contribution in [0.1, 0.15) is 20.8 Å². The monoisotopic (exact) mass is 504 g/mol. The molecule has 0 saturated heterocycles. The van der Waals surface area contributed by atoms with Gasteiger partial charge in [0.1, 0.15) is 27.7 Å². The molecular formula is C21H22Cl2N8O3. The molecule has 0 aliphatic heterocycles. The van der Waals surface area contributed by atoms with E-state index in [1.54, 1.807) is 38.1 Å². The highest BCUT2D eigenvalue weighted by Gasteiger charge is 2.19. The third-order valence-electron chi connectivity index (χ3n) is 3.94. The molecule has 0 spiro atoms. The maximum Gasteiger partial charge on any atom is 0.293 e. The van der Waals surface area contributed by atoms with Crippen molar-refractivity contribution >= 4 is 46.5 Å². The van der Waals surface area contributed by atoms with Crippen LogP contribution >= 0.6 is 23.2 Å². The van der Waals surface area contributed by atoms with E-state index in [-0.39, 0.29) is 33.4 Å². The third-order valence-corrected chi connectivity index (χ3v) is 4.49. The summed E-state index contributed by atoms with van der Waals surface area (Å²) in [6.07, 6.45) is 0. The molecule has 0 atom stereocenters. The molecule has 0 aliphatic carbocycles. The summed E-state index contributed by atoms with van der Waals surface area (Å²) in [7, 11) is 0. The van der Waals surface area contributed by atoms with Crippen molar-refractivity contribution in [3.8, 4) is 17.6 Å². The van der Waals surface area contributed by atoms with Gasteiger partial charge in [0.25, 0.3) is 5.69 Å². The fourth-order valence-corrected chi connectivity index (χ4v) is 2.73. The van der Waals surface area contributed by atoms with E-state index in [1.807, 2.05) is 13.0 Å². The van der Waals surface area contributed by atoms with Gasteiger partial charge in [0.2, 0.25) is 17.2 Å². The van der Waals surface area contributed by atoms with Gasteiger partial charge in [-0.2, -0.15) is 20.2 Å².